The maximum atomic E-state index is 12.9. The molecule has 1 aromatic carbocycles. The SMILES string of the molecule is CCOC(=O)C(=[NH2+])c1ccc(P(=O)(OCC)OCC)cc1NCC(=O)O. The molecular formula is C16H24N2O7P+. The van der Waals surface area contributed by atoms with Gasteiger partial charge in [0.2, 0.25) is 0 Å². The number of nitrogens with two attached hydrogens (primary N) is 1. The van der Waals surface area contributed by atoms with Crippen LogP contribution in [0.1, 0.15) is 26.3 Å². The Morgan fingerprint density at radius 3 is 2.27 bits per heavy atom. The van der Waals surface area contributed by atoms with Crippen LogP contribution in [-0.4, -0.2) is 49.1 Å². The van der Waals surface area contributed by atoms with Crippen molar-refractivity contribution in [3.63, 3.8) is 0 Å². The van der Waals surface area contributed by atoms with Crippen LogP contribution < -0.4 is 16.0 Å². The number of anilines is 1. The fourth-order valence-electron chi connectivity index (χ4n) is 2.10. The molecule has 0 saturated heterocycles. The molecule has 0 aliphatic heterocycles. The molecule has 0 spiro atoms. The molecule has 26 heavy (non-hydrogen) atoms. The molecule has 0 bridgehead atoms. The van der Waals surface area contributed by atoms with Crippen LogP contribution in [0.5, 0.6) is 0 Å². The summed E-state index contributed by atoms with van der Waals surface area (Å²) in [6, 6.07) is 4.30. The van der Waals surface area contributed by atoms with Gasteiger partial charge in [0.25, 0.3) is 5.71 Å². The third kappa shape index (κ3) is 5.66. The second-order valence-electron chi connectivity index (χ2n) is 4.94. The topological polar surface area (TPSA) is 137 Å². The lowest BCUT2D eigenvalue weighted by Gasteiger charge is -2.19. The van der Waals surface area contributed by atoms with Crippen LogP contribution in [0.15, 0.2) is 18.2 Å². The lowest BCUT2D eigenvalue weighted by Crippen LogP contribution is -2.46. The average Bonchev–Trinajstić information content (AvgIpc) is 2.59. The van der Waals surface area contributed by atoms with Crippen molar-refractivity contribution in [2.45, 2.75) is 20.8 Å². The van der Waals surface area contributed by atoms with Gasteiger partial charge in [0.05, 0.1) is 30.7 Å². The molecule has 0 heterocycles. The highest BCUT2D eigenvalue weighted by Gasteiger charge is 2.30. The minimum Gasteiger partial charge on any atom is -0.480 e. The van der Waals surface area contributed by atoms with Crippen LogP contribution in [0.2, 0.25) is 0 Å². The number of carboxylic acid groups (broad SMARTS) is 1. The van der Waals surface area contributed by atoms with Gasteiger partial charge in [0.1, 0.15) is 6.54 Å². The van der Waals surface area contributed by atoms with Crippen LogP contribution in [0.3, 0.4) is 0 Å². The Hall–Kier alpha value is -2.22. The van der Waals surface area contributed by atoms with E-state index < -0.39 is 26.1 Å². The van der Waals surface area contributed by atoms with Crippen LogP contribution in [0, 0.1) is 0 Å². The zero-order valence-electron chi connectivity index (χ0n) is 15.0. The Balaban J connectivity index is 3.36. The summed E-state index contributed by atoms with van der Waals surface area (Å²) < 4.78 is 28.3. The smallest absolute Gasteiger partial charge is 0.403 e. The normalized spacial score (nSPS) is 11.0. The molecule has 0 aromatic heterocycles. The predicted molar refractivity (Wildman–Crippen MR) is 95.7 cm³/mol. The maximum absolute atomic E-state index is 12.9. The Kier molecular flexibility index (Phi) is 8.44. The largest absolute Gasteiger partial charge is 0.480 e. The van der Waals surface area contributed by atoms with Gasteiger partial charge < -0.3 is 24.2 Å². The van der Waals surface area contributed by atoms with Gasteiger partial charge in [-0.1, -0.05) is 0 Å². The van der Waals surface area contributed by atoms with Gasteiger partial charge in [0.15, 0.2) is 0 Å². The average molecular weight is 387 g/mol. The molecule has 0 amide bonds. The minimum atomic E-state index is -3.59. The number of ether oxygens (including phenoxy) is 1. The number of carbonyl (C=O) groups is 2. The van der Waals surface area contributed by atoms with Crippen molar-refractivity contribution in [1.29, 1.82) is 0 Å². The van der Waals surface area contributed by atoms with E-state index in [-0.39, 0.29) is 42.1 Å². The number of hydrogen-bond donors (Lipinski definition) is 3. The summed E-state index contributed by atoms with van der Waals surface area (Å²) in [4.78, 5) is 22.8. The van der Waals surface area contributed by atoms with Gasteiger partial charge in [-0.15, -0.1) is 0 Å². The number of rotatable bonds is 11. The molecule has 9 nitrogen and oxygen atoms in total. The van der Waals surface area contributed by atoms with Gasteiger partial charge in [0, 0.05) is 5.69 Å². The number of hydrogen-bond acceptors (Lipinski definition) is 7. The number of carboxylic acids is 1. The highest BCUT2D eigenvalue weighted by Crippen LogP contribution is 2.47. The number of nitrogens with one attached hydrogen (secondary N) is 1. The molecule has 0 atom stereocenters. The van der Waals surface area contributed by atoms with E-state index in [0.717, 1.165) is 0 Å². The summed E-state index contributed by atoms with van der Waals surface area (Å²) in [5, 5.41) is 17.6. The summed E-state index contributed by atoms with van der Waals surface area (Å²) in [7, 11) is -3.59. The molecule has 0 radical (unpaired) electrons. The van der Waals surface area contributed by atoms with Gasteiger partial charge in [-0.25, -0.2) is 10.2 Å². The van der Waals surface area contributed by atoms with E-state index in [1.807, 2.05) is 0 Å². The van der Waals surface area contributed by atoms with Gasteiger partial charge >= 0.3 is 19.5 Å². The number of benzene rings is 1. The molecular weight excluding hydrogens is 363 g/mol. The molecule has 0 fully saturated rings. The molecule has 0 aliphatic rings. The summed E-state index contributed by atoms with van der Waals surface area (Å²) >= 11 is 0. The van der Waals surface area contributed by atoms with E-state index in [1.54, 1.807) is 20.8 Å². The Morgan fingerprint density at radius 2 is 1.77 bits per heavy atom. The van der Waals surface area contributed by atoms with Crippen molar-refractivity contribution >= 4 is 36.2 Å². The second kappa shape index (κ2) is 10.1. The van der Waals surface area contributed by atoms with E-state index in [0.29, 0.717) is 0 Å². The third-order valence-corrected chi connectivity index (χ3v) is 5.24. The Morgan fingerprint density at radius 1 is 1.15 bits per heavy atom. The van der Waals surface area contributed by atoms with Crippen molar-refractivity contribution in [3.8, 4) is 0 Å². The molecule has 0 saturated carbocycles. The van der Waals surface area contributed by atoms with E-state index in [1.165, 1.54) is 18.2 Å². The molecule has 144 valence electrons. The highest BCUT2D eigenvalue weighted by molar-refractivity contribution is 7.62. The first-order chi connectivity index (χ1) is 12.3. The fourth-order valence-corrected chi connectivity index (χ4v) is 3.70. The zero-order chi connectivity index (χ0) is 19.7. The summed E-state index contributed by atoms with van der Waals surface area (Å²) in [5.41, 5.74) is 0.233. The summed E-state index contributed by atoms with van der Waals surface area (Å²) in [5.74, 6) is -1.86. The first kappa shape index (κ1) is 21.8. The van der Waals surface area contributed by atoms with E-state index in [4.69, 9.17) is 24.3 Å². The van der Waals surface area contributed by atoms with Crippen molar-refractivity contribution in [2.24, 2.45) is 0 Å². The molecule has 4 N–H and O–H groups in total. The first-order valence-corrected chi connectivity index (χ1v) is 9.62. The lowest BCUT2D eigenvalue weighted by molar-refractivity contribution is -0.151. The van der Waals surface area contributed by atoms with Crippen molar-refractivity contribution in [1.82, 2.24) is 0 Å². The Labute approximate surface area is 151 Å². The lowest BCUT2D eigenvalue weighted by atomic mass is 10.1. The quantitative estimate of drug-likeness (QED) is 0.278. The zero-order valence-corrected chi connectivity index (χ0v) is 15.9. The molecule has 0 unspecified atom stereocenters. The first-order valence-electron chi connectivity index (χ1n) is 8.08. The van der Waals surface area contributed by atoms with Gasteiger partial charge in [-0.3, -0.25) is 9.36 Å². The summed E-state index contributed by atoms with van der Waals surface area (Å²) in [6.45, 7) is 5.02. The van der Waals surface area contributed by atoms with Crippen LogP contribution >= 0.6 is 7.60 Å². The van der Waals surface area contributed by atoms with Crippen molar-refractivity contribution in [2.75, 3.05) is 31.7 Å². The number of aliphatic carboxylic acids is 1. The second-order valence-corrected chi connectivity index (χ2v) is 6.97. The van der Waals surface area contributed by atoms with Gasteiger partial charge in [-0.05, 0) is 39.0 Å². The van der Waals surface area contributed by atoms with Crippen LogP contribution in [0.25, 0.3) is 0 Å². The highest BCUT2D eigenvalue weighted by atomic mass is 31.2. The molecule has 0 aliphatic carbocycles. The standard InChI is InChI=1S/C16H23N2O7P/c1-4-23-16(21)15(17)12-8-7-11(9-13(12)18-10-14(19)20)26(22,24-5-2)25-6-3/h7-9,17-18H,4-6,10H2,1-3H3,(H,19,20)/p+1. The van der Waals surface area contributed by atoms with E-state index in [2.05, 4.69) is 5.32 Å². The number of esters is 1. The van der Waals surface area contributed by atoms with Crippen molar-refractivity contribution < 1.29 is 38.5 Å². The fraction of sp³-hybridized carbons (Fsp3) is 0.438. The van der Waals surface area contributed by atoms with Crippen LogP contribution in [-0.2, 0) is 27.9 Å². The van der Waals surface area contributed by atoms with Gasteiger partial charge in [-0.2, -0.15) is 0 Å². The monoisotopic (exact) mass is 387 g/mol. The molecule has 10 heteroatoms. The molecule has 1 aromatic rings. The molecule has 1 rings (SSSR count). The van der Waals surface area contributed by atoms with Crippen molar-refractivity contribution in [3.05, 3.63) is 23.8 Å². The summed E-state index contributed by atoms with van der Waals surface area (Å²) in [6.07, 6.45) is 0. The third-order valence-electron chi connectivity index (χ3n) is 3.13. The van der Waals surface area contributed by atoms with E-state index in [9.17, 15) is 14.2 Å². The number of carbonyl (C=O) groups excluding carboxylic acids is 1. The predicted octanol–water partition coefficient (Wildman–Crippen LogP) is 0.186. The van der Waals surface area contributed by atoms with Crippen LogP contribution in [0.4, 0.5) is 5.69 Å². The maximum Gasteiger partial charge on any atom is 0.403 e. The Bertz CT molecular complexity index is 711. The minimum absolute atomic E-state index is 0.138. The van der Waals surface area contributed by atoms with E-state index >= 15 is 0 Å².